The van der Waals surface area contributed by atoms with E-state index in [2.05, 4.69) is 16.4 Å². The number of carbonyl (C=O) groups is 1. The molecule has 1 amide bonds. The van der Waals surface area contributed by atoms with Crippen LogP contribution in [0.25, 0.3) is 16.8 Å². The van der Waals surface area contributed by atoms with Gasteiger partial charge < -0.3 is 5.32 Å². The third kappa shape index (κ3) is 3.49. The number of allylic oxidation sites excluding steroid dienone is 2. The molecule has 0 spiro atoms. The summed E-state index contributed by atoms with van der Waals surface area (Å²) >= 11 is 1.52. The summed E-state index contributed by atoms with van der Waals surface area (Å²) in [6.07, 6.45) is 4.37. The van der Waals surface area contributed by atoms with E-state index < -0.39 is 0 Å². The summed E-state index contributed by atoms with van der Waals surface area (Å²) in [5.74, 6) is -0.0875. The molecule has 0 atom stereocenters. The number of rotatable bonds is 3. The molecule has 3 rings (SSSR count). The van der Waals surface area contributed by atoms with Gasteiger partial charge in [-0.2, -0.15) is 5.26 Å². The molecule has 4 nitrogen and oxygen atoms in total. The normalized spacial score (nSPS) is 13.7. The number of carbonyl (C=O) groups excluding carboxylic acids is 1. The summed E-state index contributed by atoms with van der Waals surface area (Å²) in [6, 6.07) is 9.91. The maximum atomic E-state index is 11.0. The Balaban J connectivity index is 1.86. The Kier molecular flexibility index (Phi) is 4.54. The van der Waals surface area contributed by atoms with Crippen LogP contribution >= 0.6 is 11.3 Å². The molecule has 116 valence electrons. The molecular formula is C18H17N3OS. The van der Waals surface area contributed by atoms with Gasteiger partial charge in [0.05, 0.1) is 11.3 Å². The highest BCUT2D eigenvalue weighted by atomic mass is 32.1. The van der Waals surface area contributed by atoms with E-state index in [0.717, 1.165) is 40.4 Å². The van der Waals surface area contributed by atoms with Crippen LogP contribution in [0.5, 0.6) is 0 Å². The molecule has 5 heteroatoms. The van der Waals surface area contributed by atoms with Gasteiger partial charge in [-0.3, -0.25) is 4.79 Å². The number of thiazole rings is 1. The van der Waals surface area contributed by atoms with Gasteiger partial charge in [0.2, 0.25) is 5.91 Å². The molecule has 1 heterocycles. The Morgan fingerprint density at radius 2 is 1.96 bits per heavy atom. The maximum Gasteiger partial charge on any atom is 0.221 e. The highest BCUT2D eigenvalue weighted by Crippen LogP contribution is 2.34. The van der Waals surface area contributed by atoms with Gasteiger partial charge in [0.25, 0.3) is 0 Å². The summed E-state index contributed by atoms with van der Waals surface area (Å²) in [4.78, 5) is 15.7. The number of hydrogen-bond acceptors (Lipinski definition) is 4. The molecule has 0 aliphatic heterocycles. The van der Waals surface area contributed by atoms with E-state index in [4.69, 9.17) is 0 Å². The number of aromatic nitrogens is 1. The largest absolute Gasteiger partial charge is 0.326 e. The first-order chi connectivity index (χ1) is 11.2. The van der Waals surface area contributed by atoms with E-state index in [0.29, 0.717) is 0 Å². The monoisotopic (exact) mass is 323 g/mol. The molecular weight excluding hydrogens is 306 g/mol. The van der Waals surface area contributed by atoms with Crippen molar-refractivity contribution in [3.63, 3.8) is 0 Å². The van der Waals surface area contributed by atoms with Gasteiger partial charge in [-0.25, -0.2) is 4.98 Å². The third-order valence-electron chi connectivity index (χ3n) is 3.89. The average Bonchev–Trinajstić information content (AvgIpc) is 3.21. The number of hydrogen-bond donors (Lipinski definition) is 1. The quantitative estimate of drug-likeness (QED) is 0.838. The first-order valence-corrected chi connectivity index (χ1v) is 8.51. The van der Waals surface area contributed by atoms with E-state index in [-0.39, 0.29) is 5.91 Å². The topological polar surface area (TPSA) is 65.8 Å². The van der Waals surface area contributed by atoms with Crippen molar-refractivity contribution in [1.82, 2.24) is 4.98 Å². The van der Waals surface area contributed by atoms with Crippen molar-refractivity contribution in [2.24, 2.45) is 0 Å². The lowest BCUT2D eigenvalue weighted by Crippen LogP contribution is -2.05. The van der Waals surface area contributed by atoms with Crippen LogP contribution in [-0.2, 0) is 4.79 Å². The molecule has 0 unspecified atom stereocenters. The predicted octanol–water partition coefficient (Wildman–Crippen LogP) is 4.62. The Bertz CT molecular complexity index is 788. The Labute approximate surface area is 139 Å². The molecule has 2 aromatic rings. The van der Waals surface area contributed by atoms with E-state index >= 15 is 0 Å². The third-order valence-corrected chi connectivity index (χ3v) is 4.75. The Morgan fingerprint density at radius 3 is 2.57 bits per heavy atom. The fourth-order valence-corrected chi connectivity index (χ4v) is 3.65. The van der Waals surface area contributed by atoms with E-state index in [9.17, 15) is 10.1 Å². The van der Waals surface area contributed by atoms with Crippen molar-refractivity contribution in [3.05, 3.63) is 40.2 Å². The van der Waals surface area contributed by atoms with Crippen LogP contribution < -0.4 is 5.32 Å². The molecule has 1 aliphatic carbocycles. The summed E-state index contributed by atoms with van der Waals surface area (Å²) < 4.78 is 0. The van der Waals surface area contributed by atoms with Crippen LogP contribution in [0.2, 0.25) is 0 Å². The number of nitrogens with one attached hydrogen (secondary N) is 1. The van der Waals surface area contributed by atoms with Crippen LogP contribution in [0.4, 0.5) is 5.69 Å². The SMILES string of the molecule is CC(=O)Nc1ccc(-c2csc(C(C#N)=C3CCCC3)n2)cc1. The zero-order valence-corrected chi connectivity index (χ0v) is 13.7. The number of anilines is 1. The molecule has 0 radical (unpaired) electrons. The molecule has 1 N–H and O–H groups in total. The molecule has 1 fully saturated rings. The zero-order chi connectivity index (χ0) is 16.2. The minimum absolute atomic E-state index is 0.0875. The van der Waals surface area contributed by atoms with E-state index in [1.54, 1.807) is 0 Å². The molecule has 1 saturated carbocycles. The molecule has 0 bridgehead atoms. The van der Waals surface area contributed by atoms with E-state index in [1.807, 2.05) is 29.6 Å². The van der Waals surface area contributed by atoms with Gasteiger partial charge in [0.15, 0.2) is 0 Å². The van der Waals surface area contributed by atoms with Gasteiger partial charge in [0.1, 0.15) is 11.1 Å². The minimum Gasteiger partial charge on any atom is -0.326 e. The lowest BCUT2D eigenvalue weighted by molar-refractivity contribution is -0.114. The molecule has 1 aliphatic rings. The summed E-state index contributed by atoms with van der Waals surface area (Å²) in [5, 5.41) is 15.0. The number of benzene rings is 1. The van der Waals surface area contributed by atoms with Crippen molar-refractivity contribution in [2.75, 3.05) is 5.32 Å². The first-order valence-electron chi connectivity index (χ1n) is 7.63. The van der Waals surface area contributed by atoms with Gasteiger partial charge >= 0.3 is 0 Å². The summed E-state index contributed by atoms with van der Waals surface area (Å²) in [5.41, 5.74) is 4.62. The summed E-state index contributed by atoms with van der Waals surface area (Å²) in [7, 11) is 0. The van der Waals surface area contributed by atoms with Crippen LogP contribution in [-0.4, -0.2) is 10.9 Å². The van der Waals surface area contributed by atoms with Crippen LogP contribution in [0.3, 0.4) is 0 Å². The predicted molar refractivity (Wildman–Crippen MR) is 92.9 cm³/mol. The molecule has 1 aromatic carbocycles. The van der Waals surface area contributed by atoms with E-state index in [1.165, 1.54) is 36.7 Å². The van der Waals surface area contributed by atoms with Crippen molar-refractivity contribution >= 4 is 28.5 Å². The highest BCUT2D eigenvalue weighted by molar-refractivity contribution is 7.11. The fraction of sp³-hybridized carbons (Fsp3) is 0.278. The van der Waals surface area contributed by atoms with Crippen molar-refractivity contribution in [1.29, 1.82) is 5.26 Å². The lowest BCUT2D eigenvalue weighted by Gasteiger charge is -2.03. The first kappa shape index (κ1) is 15.4. The number of nitriles is 1. The second kappa shape index (κ2) is 6.76. The number of amides is 1. The second-order valence-electron chi connectivity index (χ2n) is 5.59. The van der Waals surface area contributed by atoms with Gasteiger partial charge in [-0.15, -0.1) is 11.3 Å². The van der Waals surface area contributed by atoms with Crippen molar-refractivity contribution < 1.29 is 4.79 Å². The molecule has 0 saturated heterocycles. The van der Waals surface area contributed by atoms with Crippen LogP contribution in [0.15, 0.2) is 35.2 Å². The second-order valence-corrected chi connectivity index (χ2v) is 6.45. The Hall–Kier alpha value is -2.45. The van der Waals surface area contributed by atoms with Gasteiger partial charge in [-0.05, 0) is 43.4 Å². The standard InChI is InChI=1S/C18H17N3OS/c1-12(22)20-15-8-6-14(7-9-15)17-11-23-18(21-17)16(10-19)13-4-2-3-5-13/h6-9,11H,2-5H2,1H3,(H,20,22). The summed E-state index contributed by atoms with van der Waals surface area (Å²) in [6.45, 7) is 1.49. The van der Waals surface area contributed by atoms with Gasteiger partial charge in [-0.1, -0.05) is 12.1 Å². The maximum absolute atomic E-state index is 11.0. The average molecular weight is 323 g/mol. The molecule has 1 aromatic heterocycles. The lowest BCUT2D eigenvalue weighted by atomic mass is 10.1. The molecule has 23 heavy (non-hydrogen) atoms. The van der Waals surface area contributed by atoms with Crippen LogP contribution in [0, 0.1) is 11.3 Å². The highest BCUT2D eigenvalue weighted by Gasteiger charge is 2.17. The van der Waals surface area contributed by atoms with Crippen molar-refractivity contribution in [2.45, 2.75) is 32.6 Å². The zero-order valence-electron chi connectivity index (χ0n) is 12.9. The minimum atomic E-state index is -0.0875. The smallest absolute Gasteiger partial charge is 0.221 e. The number of nitrogens with zero attached hydrogens (tertiary/aromatic N) is 2. The van der Waals surface area contributed by atoms with Crippen molar-refractivity contribution in [3.8, 4) is 17.3 Å². The van der Waals surface area contributed by atoms with Gasteiger partial charge in [0, 0.05) is 23.6 Å². The Morgan fingerprint density at radius 1 is 1.26 bits per heavy atom. The fourth-order valence-electron chi connectivity index (χ4n) is 2.78. The van der Waals surface area contributed by atoms with Crippen LogP contribution in [0.1, 0.15) is 37.6 Å².